The number of ether oxygens (including phenoxy) is 1. The van der Waals surface area contributed by atoms with Gasteiger partial charge in [-0.15, -0.1) is 0 Å². The van der Waals surface area contributed by atoms with Gasteiger partial charge < -0.3 is 14.8 Å². The highest BCUT2D eigenvalue weighted by Gasteiger charge is 2.29. The summed E-state index contributed by atoms with van der Waals surface area (Å²) in [4.78, 5) is 21.8. The largest absolute Gasteiger partial charge is 0.619 e. The number of aromatic nitrogens is 3. The van der Waals surface area contributed by atoms with Crippen LogP contribution in [0.5, 0.6) is 5.88 Å². The van der Waals surface area contributed by atoms with Crippen molar-refractivity contribution < 1.29 is 14.3 Å². The number of hydrogen-bond acceptors (Lipinski definition) is 5. The fourth-order valence-electron chi connectivity index (χ4n) is 2.29. The number of nitrogens with zero attached hydrogens (tertiary/aromatic N) is 4. The molecule has 21 heavy (non-hydrogen) atoms. The van der Waals surface area contributed by atoms with Crippen molar-refractivity contribution in [2.45, 2.75) is 12.5 Å². The maximum atomic E-state index is 12.3. The van der Waals surface area contributed by atoms with Crippen LogP contribution in [0.2, 0.25) is 0 Å². The molecule has 0 N–H and O–H groups in total. The number of carbonyl (C=O) groups excluding carboxylic acids is 1. The first-order chi connectivity index (χ1) is 10.2. The molecule has 2 aromatic heterocycles. The van der Waals surface area contributed by atoms with E-state index in [4.69, 9.17) is 4.74 Å². The first kappa shape index (κ1) is 13.3. The van der Waals surface area contributed by atoms with Gasteiger partial charge in [-0.05, 0) is 6.07 Å². The summed E-state index contributed by atoms with van der Waals surface area (Å²) >= 11 is 0. The zero-order valence-corrected chi connectivity index (χ0v) is 11.3. The summed E-state index contributed by atoms with van der Waals surface area (Å²) in [6, 6.07) is 4.88. The number of amides is 1. The maximum Gasteiger partial charge on any atom is 0.260 e. The monoisotopic (exact) mass is 286 g/mol. The fraction of sp³-hybridized carbons (Fsp3) is 0.286. The Kier molecular flexibility index (Phi) is 3.63. The van der Waals surface area contributed by atoms with Gasteiger partial charge in [-0.25, -0.2) is 9.97 Å². The van der Waals surface area contributed by atoms with Gasteiger partial charge in [0.25, 0.3) is 5.91 Å². The maximum absolute atomic E-state index is 12.3. The highest BCUT2D eigenvalue weighted by Crippen LogP contribution is 2.17. The van der Waals surface area contributed by atoms with Gasteiger partial charge >= 0.3 is 0 Å². The van der Waals surface area contributed by atoms with E-state index in [0.717, 1.165) is 6.42 Å². The molecule has 7 heteroatoms. The molecule has 0 spiro atoms. The zero-order valence-electron chi connectivity index (χ0n) is 11.3. The van der Waals surface area contributed by atoms with Crippen LogP contribution in [0, 0.1) is 5.21 Å². The Hall–Kier alpha value is -2.70. The lowest BCUT2D eigenvalue weighted by molar-refractivity contribution is -0.605. The SMILES string of the molecule is O=C(c1ccc[n+]([O-])c1)N1CCC(Oc2ccncn2)C1. The molecule has 1 saturated heterocycles. The Bertz CT molecular complexity index is 635. The lowest BCUT2D eigenvalue weighted by atomic mass is 10.2. The first-order valence-electron chi connectivity index (χ1n) is 6.63. The van der Waals surface area contributed by atoms with Gasteiger partial charge in [-0.3, -0.25) is 4.79 Å². The van der Waals surface area contributed by atoms with E-state index in [1.165, 1.54) is 18.7 Å². The van der Waals surface area contributed by atoms with Crippen LogP contribution in [0.25, 0.3) is 0 Å². The third-order valence-corrected chi connectivity index (χ3v) is 3.30. The van der Waals surface area contributed by atoms with Crippen LogP contribution >= 0.6 is 0 Å². The Morgan fingerprint density at radius 2 is 2.38 bits per heavy atom. The Balaban J connectivity index is 1.63. The lowest BCUT2D eigenvalue weighted by Crippen LogP contribution is -2.33. The van der Waals surface area contributed by atoms with E-state index in [2.05, 4.69) is 9.97 Å². The van der Waals surface area contributed by atoms with E-state index < -0.39 is 0 Å². The van der Waals surface area contributed by atoms with Gasteiger partial charge in [0.2, 0.25) is 5.88 Å². The number of hydrogen-bond donors (Lipinski definition) is 0. The summed E-state index contributed by atoms with van der Waals surface area (Å²) in [5.74, 6) is 0.343. The highest BCUT2D eigenvalue weighted by atomic mass is 16.5. The minimum atomic E-state index is -0.158. The van der Waals surface area contributed by atoms with Crippen LogP contribution in [0.3, 0.4) is 0 Å². The molecular formula is C14H14N4O3. The molecule has 0 aromatic carbocycles. The molecule has 3 heterocycles. The molecule has 1 aliphatic rings. The van der Waals surface area contributed by atoms with E-state index in [-0.39, 0.29) is 12.0 Å². The quantitative estimate of drug-likeness (QED) is 0.602. The van der Waals surface area contributed by atoms with Crippen molar-refractivity contribution in [1.82, 2.24) is 14.9 Å². The molecule has 7 nitrogen and oxygen atoms in total. The van der Waals surface area contributed by atoms with Crippen molar-refractivity contribution in [3.8, 4) is 5.88 Å². The number of carbonyl (C=O) groups is 1. The van der Waals surface area contributed by atoms with Crippen LogP contribution in [0.15, 0.2) is 43.1 Å². The summed E-state index contributed by atoms with van der Waals surface area (Å²) in [6.07, 6.45) is 6.30. The van der Waals surface area contributed by atoms with Gasteiger partial charge in [-0.2, -0.15) is 4.73 Å². The Morgan fingerprint density at radius 3 is 3.14 bits per heavy atom. The predicted molar refractivity (Wildman–Crippen MR) is 72.4 cm³/mol. The molecule has 1 atom stereocenters. The van der Waals surface area contributed by atoms with Crippen LogP contribution in [-0.4, -0.2) is 40.0 Å². The normalized spacial score (nSPS) is 17.7. The van der Waals surface area contributed by atoms with E-state index in [0.29, 0.717) is 29.3 Å². The molecule has 0 radical (unpaired) electrons. The van der Waals surface area contributed by atoms with Crippen molar-refractivity contribution in [3.05, 3.63) is 53.9 Å². The van der Waals surface area contributed by atoms with Gasteiger partial charge in [0.15, 0.2) is 12.4 Å². The fourth-order valence-corrected chi connectivity index (χ4v) is 2.29. The van der Waals surface area contributed by atoms with Crippen molar-refractivity contribution in [2.24, 2.45) is 0 Å². The lowest BCUT2D eigenvalue weighted by Gasteiger charge is -2.16. The minimum Gasteiger partial charge on any atom is -0.619 e. The average Bonchev–Trinajstić information content (AvgIpc) is 2.96. The molecule has 0 saturated carbocycles. The first-order valence-corrected chi connectivity index (χ1v) is 6.63. The van der Waals surface area contributed by atoms with E-state index in [1.807, 2.05) is 0 Å². The second-order valence-electron chi connectivity index (χ2n) is 4.78. The third-order valence-electron chi connectivity index (χ3n) is 3.30. The van der Waals surface area contributed by atoms with Crippen LogP contribution in [0.1, 0.15) is 16.8 Å². The third kappa shape index (κ3) is 3.07. The molecule has 1 fully saturated rings. The van der Waals surface area contributed by atoms with Crippen molar-refractivity contribution in [1.29, 1.82) is 0 Å². The average molecular weight is 286 g/mol. The van der Waals surface area contributed by atoms with Crippen molar-refractivity contribution in [3.63, 3.8) is 0 Å². The molecule has 2 aromatic rings. The van der Waals surface area contributed by atoms with Gasteiger partial charge in [0.05, 0.1) is 6.54 Å². The van der Waals surface area contributed by atoms with Crippen molar-refractivity contribution in [2.75, 3.05) is 13.1 Å². The summed E-state index contributed by atoms with van der Waals surface area (Å²) in [5, 5.41) is 11.2. The standard InChI is InChI=1S/C14H14N4O3/c19-14(11-2-1-6-18(20)8-11)17-7-4-12(9-17)21-13-3-5-15-10-16-13/h1-3,5-6,8,10,12H,4,7,9H2. The summed E-state index contributed by atoms with van der Waals surface area (Å²) < 4.78 is 6.33. The Morgan fingerprint density at radius 1 is 1.48 bits per heavy atom. The second-order valence-corrected chi connectivity index (χ2v) is 4.78. The molecular weight excluding hydrogens is 272 g/mol. The number of rotatable bonds is 3. The van der Waals surface area contributed by atoms with Crippen molar-refractivity contribution >= 4 is 5.91 Å². The highest BCUT2D eigenvalue weighted by molar-refractivity contribution is 5.93. The summed E-state index contributed by atoms with van der Waals surface area (Å²) in [6.45, 7) is 1.08. The second kappa shape index (κ2) is 5.74. The molecule has 0 aliphatic carbocycles. The molecule has 108 valence electrons. The van der Waals surface area contributed by atoms with Crippen LogP contribution in [0.4, 0.5) is 0 Å². The summed E-state index contributed by atoms with van der Waals surface area (Å²) in [5.41, 5.74) is 0.384. The van der Waals surface area contributed by atoms with Crippen LogP contribution < -0.4 is 9.47 Å². The van der Waals surface area contributed by atoms with Gasteiger partial charge in [0.1, 0.15) is 18.0 Å². The molecule has 3 rings (SSSR count). The topological polar surface area (TPSA) is 82.3 Å². The minimum absolute atomic E-state index is 0.0908. The van der Waals surface area contributed by atoms with Crippen LogP contribution in [-0.2, 0) is 0 Å². The summed E-state index contributed by atoms with van der Waals surface area (Å²) in [7, 11) is 0. The molecule has 1 amide bonds. The smallest absolute Gasteiger partial charge is 0.260 e. The predicted octanol–water partition coefficient (Wildman–Crippen LogP) is 0.404. The van der Waals surface area contributed by atoms with E-state index in [1.54, 1.807) is 29.3 Å². The van der Waals surface area contributed by atoms with E-state index in [9.17, 15) is 10.0 Å². The number of pyridine rings is 1. The van der Waals surface area contributed by atoms with Gasteiger partial charge in [-0.1, -0.05) is 0 Å². The molecule has 1 unspecified atom stereocenters. The number of likely N-dealkylation sites (tertiary alicyclic amines) is 1. The molecule has 1 aliphatic heterocycles. The zero-order chi connectivity index (χ0) is 14.7. The molecule has 0 bridgehead atoms. The van der Waals surface area contributed by atoms with Gasteiger partial charge in [0, 0.05) is 31.3 Å². The Labute approximate surface area is 121 Å². The van der Waals surface area contributed by atoms with E-state index >= 15 is 0 Å².